The maximum absolute atomic E-state index is 5.40. The van der Waals surface area contributed by atoms with Crippen LogP contribution in [0.5, 0.6) is 0 Å². The van der Waals surface area contributed by atoms with Gasteiger partial charge in [0.15, 0.2) is 0 Å². The van der Waals surface area contributed by atoms with Crippen molar-refractivity contribution in [3.05, 3.63) is 48.3 Å². The molecular weight excluding hydrogens is 200 g/mol. The molecule has 0 unspecified atom stereocenters. The van der Waals surface area contributed by atoms with Crippen molar-refractivity contribution in [2.24, 2.45) is 11.8 Å². The SMILES string of the molecule is c1coc(C[C@H]2CC[C@H]2Cc2ccco2)c1. The van der Waals surface area contributed by atoms with E-state index in [1.54, 1.807) is 12.5 Å². The largest absolute Gasteiger partial charge is 0.469 e. The lowest BCUT2D eigenvalue weighted by molar-refractivity contribution is 0.159. The third-order valence-corrected chi connectivity index (χ3v) is 3.66. The second kappa shape index (κ2) is 4.20. The molecule has 0 radical (unpaired) electrons. The molecule has 84 valence electrons. The first-order valence-corrected chi connectivity index (χ1v) is 5.96. The van der Waals surface area contributed by atoms with E-state index < -0.39 is 0 Å². The Morgan fingerprint density at radius 3 is 1.69 bits per heavy atom. The highest BCUT2D eigenvalue weighted by molar-refractivity contribution is 5.05. The van der Waals surface area contributed by atoms with E-state index in [0.717, 1.165) is 36.2 Å². The first-order chi connectivity index (χ1) is 7.92. The molecule has 1 fully saturated rings. The maximum Gasteiger partial charge on any atom is 0.104 e. The van der Waals surface area contributed by atoms with Crippen LogP contribution in [0.1, 0.15) is 24.4 Å². The Bertz CT molecular complexity index is 371. The summed E-state index contributed by atoms with van der Waals surface area (Å²) in [5, 5.41) is 0. The van der Waals surface area contributed by atoms with Crippen LogP contribution in [0.15, 0.2) is 45.6 Å². The molecular formula is C14H16O2. The third-order valence-electron chi connectivity index (χ3n) is 3.66. The van der Waals surface area contributed by atoms with Gasteiger partial charge in [0.05, 0.1) is 12.5 Å². The Labute approximate surface area is 95.3 Å². The van der Waals surface area contributed by atoms with Crippen LogP contribution in [0.4, 0.5) is 0 Å². The van der Waals surface area contributed by atoms with Gasteiger partial charge in [-0.3, -0.25) is 0 Å². The molecule has 2 heterocycles. The summed E-state index contributed by atoms with van der Waals surface area (Å²) in [5.41, 5.74) is 0. The molecule has 2 heteroatoms. The molecule has 0 N–H and O–H groups in total. The van der Waals surface area contributed by atoms with Crippen LogP contribution >= 0.6 is 0 Å². The molecule has 0 spiro atoms. The predicted molar refractivity (Wildman–Crippen MR) is 61.0 cm³/mol. The van der Waals surface area contributed by atoms with Crippen LogP contribution in [0.2, 0.25) is 0 Å². The van der Waals surface area contributed by atoms with Crippen molar-refractivity contribution in [3.8, 4) is 0 Å². The van der Waals surface area contributed by atoms with Gasteiger partial charge in [0.2, 0.25) is 0 Å². The first-order valence-electron chi connectivity index (χ1n) is 5.96. The topological polar surface area (TPSA) is 26.3 Å². The Kier molecular flexibility index (Phi) is 2.56. The monoisotopic (exact) mass is 216 g/mol. The molecule has 0 aliphatic heterocycles. The van der Waals surface area contributed by atoms with Crippen LogP contribution in [0.3, 0.4) is 0 Å². The van der Waals surface area contributed by atoms with E-state index in [0.29, 0.717) is 0 Å². The van der Waals surface area contributed by atoms with Gasteiger partial charge < -0.3 is 8.83 Å². The predicted octanol–water partition coefficient (Wildman–Crippen LogP) is 3.68. The Hall–Kier alpha value is -1.44. The minimum Gasteiger partial charge on any atom is -0.469 e. The van der Waals surface area contributed by atoms with Crippen LogP contribution in [-0.2, 0) is 12.8 Å². The highest BCUT2D eigenvalue weighted by Crippen LogP contribution is 2.39. The zero-order chi connectivity index (χ0) is 10.8. The van der Waals surface area contributed by atoms with Gasteiger partial charge in [-0.15, -0.1) is 0 Å². The molecule has 2 aromatic heterocycles. The standard InChI is InChI=1S/C14H16O2/c1-3-13(15-7-1)9-11-5-6-12(11)10-14-4-2-8-16-14/h1-4,7-8,11-12H,5-6,9-10H2/t11-,12+. The highest BCUT2D eigenvalue weighted by Gasteiger charge is 2.31. The molecule has 2 aromatic rings. The fraction of sp³-hybridized carbons (Fsp3) is 0.429. The molecule has 2 atom stereocenters. The average molecular weight is 216 g/mol. The number of hydrogen-bond donors (Lipinski definition) is 0. The molecule has 2 nitrogen and oxygen atoms in total. The smallest absolute Gasteiger partial charge is 0.104 e. The lowest BCUT2D eigenvalue weighted by atomic mass is 9.69. The molecule has 0 aromatic carbocycles. The molecule has 0 bridgehead atoms. The summed E-state index contributed by atoms with van der Waals surface area (Å²) >= 11 is 0. The first kappa shape index (κ1) is 9.76. The van der Waals surface area contributed by atoms with Crippen molar-refractivity contribution in [3.63, 3.8) is 0 Å². The zero-order valence-corrected chi connectivity index (χ0v) is 9.26. The molecule has 1 saturated carbocycles. The summed E-state index contributed by atoms with van der Waals surface area (Å²) in [6, 6.07) is 8.08. The molecule has 0 saturated heterocycles. The van der Waals surface area contributed by atoms with Crippen molar-refractivity contribution in [1.82, 2.24) is 0 Å². The van der Waals surface area contributed by atoms with E-state index >= 15 is 0 Å². The van der Waals surface area contributed by atoms with E-state index in [1.807, 2.05) is 12.1 Å². The molecule has 3 rings (SSSR count). The van der Waals surface area contributed by atoms with E-state index in [-0.39, 0.29) is 0 Å². The van der Waals surface area contributed by atoms with Gasteiger partial charge in [-0.2, -0.15) is 0 Å². The zero-order valence-electron chi connectivity index (χ0n) is 9.26. The van der Waals surface area contributed by atoms with Crippen molar-refractivity contribution >= 4 is 0 Å². The summed E-state index contributed by atoms with van der Waals surface area (Å²) < 4.78 is 10.8. The second-order valence-corrected chi connectivity index (χ2v) is 4.66. The fourth-order valence-corrected chi connectivity index (χ4v) is 2.55. The second-order valence-electron chi connectivity index (χ2n) is 4.66. The van der Waals surface area contributed by atoms with Gasteiger partial charge in [-0.1, -0.05) is 0 Å². The normalized spacial score (nSPS) is 24.2. The Balaban J connectivity index is 1.57. The van der Waals surface area contributed by atoms with Gasteiger partial charge in [0.1, 0.15) is 11.5 Å². The van der Waals surface area contributed by atoms with Crippen LogP contribution in [0, 0.1) is 11.8 Å². The maximum atomic E-state index is 5.40. The van der Waals surface area contributed by atoms with Gasteiger partial charge in [-0.25, -0.2) is 0 Å². The van der Waals surface area contributed by atoms with E-state index in [4.69, 9.17) is 8.83 Å². The summed E-state index contributed by atoms with van der Waals surface area (Å²) in [5.74, 6) is 3.79. The quantitative estimate of drug-likeness (QED) is 0.779. The van der Waals surface area contributed by atoms with E-state index in [2.05, 4.69) is 12.1 Å². The van der Waals surface area contributed by atoms with E-state index in [9.17, 15) is 0 Å². The summed E-state index contributed by atoms with van der Waals surface area (Å²) in [7, 11) is 0. The summed E-state index contributed by atoms with van der Waals surface area (Å²) in [4.78, 5) is 0. The highest BCUT2D eigenvalue weighted by atomic mass is 16.3. The number of rotatable bonds is 4. The number of hydrogen-bond acceptors (Lipinski definition) is 2. The summed E-state index contributed by atoms with van der Waals surface area (Å²) in [6.07, 6.45) is 8.33. The fourth-order valence-electron chi connectivity index (χ4n) is 2.55. The van der Waals surface area contributed by atoms with Crippen molar-refractivity contribution < 1.29 is 8.83 Å². The van der Waals surface area contributed by atoms with Crippen LogP contribution in [-0.4, -0.2) is 0 Å². The van der Waals surface area contributed by atoms with Gasteiger partial charge in [0.25, 0.3) is 0 Å². The van der Waals surface area contributed by atoms with Crippen molar-refractivity contribution in [2.75, 3.05) is 0 Å². The number of furan rings is 2. The lowest BCUT2D eigenvalue weighted by Crippen LogP contribution is -2.29. The minimum absolute atomic E-state index is 0.774. The average Bonchev–Trinajstić information content (AvgIpc) is 2.94. The van der Waals surface area contributed by atoms with Crippen LogP contribution in [0.25, 0.3) is 0 Å². The Morgan fingerprint density at radius 1 is 0.875 bits per heavy atom. The van der Waals surface area contributed by atoms with Gasteiger partial charge >= 0.3 is 0 Å². The Morgan fingerprint density at radius 2 is 1.38 bits per heavy atom. The molecule has 16 heavy (non-hydrogen) atoms. The van der Waals surface area contributed by atoms with Gasteiger partial charge in [0, 0.05) is 12.8 Å². The van der Waals surface area contributed by atoms with Gasteiger partial charge in [-0.05, 0) is 48.9 Å². The lowest BCUT2D eigenvalue weighted by Gasteiger charge is -2.35. The van der Waals surface area contributed by atoms with E-state index in [1.165, 1.54) is 12.8 Å². The molecule has 0 amide bonds. The molecule has 1 aliphatic carbocycles. The van der Waals surface area contributed by atoms with Crippen molar-refractivity contribution in [1.29, 1.82) is 0 Å². The van der Waals surface area contributed by atoms with Crippen LogP contribution < -0.4 is 0 Å². The minimum atomic E-state index is 0.774. The molecule has 1 aliphatic rings. The summed E-state index contributed by atoms with van der Waals surface area (Å²) in [6.45, 7) is 0. The third kappa shape index (κ3) is 1.92. The van der Waals surface area contributed by atoms with Crippen molar-refractivity contribution in [2.45, 2.75) is 25.7 Å².